The molecule has 0 radical (unpaired) electrons. The number of fused-ring (bicyclic) bond motifs is 9. The summed E-state index contributed by atoms with van der Waals surface area (Å²) < 4.78 is 65.9. The fourth-order valence-corrected chi connectivity index (χ4v) is 14.4. The van der Waals surface area contributed by atoms with E-state index in [-0.39, 0.29) is 5.56 Å². The first-order valence-electron chi connectivity index (χ1n) is 37.7. The smallest absolute Gasteiger partial charge is 0.339 e. The molecular weight excluding hydrogens is 1780 g/mol. The Morgan fingerprint density at radius 1 is 0.394 bits per heavy atom. The van der Waals surface area contributed by atoms with Gasteiger partial charge in [-0.2, -0.15) is 9.78 Å². The normalized spacial score (nSPS) is 19.4. The number of ether oxygens (including phenoxy) is 11. The molecule has 10 unspecified atom stereocenters. The van der Waals surface area contributed by atoms with Gasteiger partial charge < -0.3 is 205 Å². The van der Waals surface area contributed by atoms with E-state index in [1.54, 1.807) is 0 Å². The van der Waals surface area contributed by atoms with Gasteiger partial charge in [0.25, 0.3) is 0 Å². The molecule has 0 spiro atoms. The molecule has 2 saturated heterocycles. The number of esters is 6. The van der Waals surface area contributed by atoms with E-state index in [0.29, 0.717) is 72.8 Å². The van der Waals surface area contributed by atoms with Crippen molar-refractivity contribution in [3.8, 4) is 218 Å². The second kappa shape index (κ2) is 35.4. The van der Waals surface area contributed by atoms with E-state index in [1.165, 1.54) is 6.92 Å². The molecule has 4 aliphatic rings. The summed E-state index contributed by atoms with van der Waals surface area (Å²) in [5.74, 6) is -54.9. The average molecular weight is 1850 g/mol. The van der Waals surface area contributed by atoms with Gasteiger partial charge in [-0.15, -0.1) is 0 Å². The quantitative estimate of drug-likeness (QED) is 0.0160. The molecule has 132 heavy (non-hydrogen) atoms. The van der Waals surface area contributed by atoms with Crippen LogP contribution in [-0.2, 0) is 70.5 Å². The fraction of sp³-hybridized carbons (Fsp3) is 0.205. The molecule has 4 aliphatic heterocycles. The Labute approximate surface area is 731 Å². The van der Waals surface area contributed by atoms with Crippen LogP contribution in [0.2, 0.25) is 0 Å². The topological polar surface area (TPSA) is 807 Å². The minimum absolute atomic E-state index is 0.0966. The highest BCUT2D eigenvalue weighted by molar-refractivity contribution is 6.09. The number of carbonyl (C=O) groups excluding carboxylic acids is 6. The van der Waals surface area contributed by atoms with Crippen LogP contribution >= 0.6 is 0 Å². The molecule has 2 fully saturated rings. The predicted octanol–water partition coefficient (Wildman–Crippen LogP) is 6.14. The molecule has 14 rings (SSSR count). The number of aryl methyl sites for hydroxylation is 1. The van der Waals surface area contributed by atoms with Crippen LogP contribution in [0.4, 0.5) is 0 Å². The number of aromatic hydroxyl groups is 28. The lowest BCUT2D eigenvalue weighted by atomic mass is 9.86. The zero-order chi connectivity index (χ0) is 95.7. The minimum Gasteiger partial charge on any atom is -0.504 e. The molecule has 694 valence electrons. The summed E-state index contributed by atoms with van der Waals surface area (Å²) in [5.41, 5.74) is -9.33. The van der Waals surface area contributed by atoms with Gasteiger partial charge in [-0.25, -0.2) is 19.2 Å². The fourth-order valence-electron chi connectivity index (χ4n) is 14.4. The Morgan fingerprint density at radius 2 is 0.826 bits per heavy atom. The number of phenols is 28. The molecular formula is C83H68O49. The minimum atomic E-state index is -2.68. The van der Waals surface area contributed by atoms with Gasteiger partial charge in [-0.1, -0.05) is 0 Å². The molecule has 4 heterocycles. The van der Waals surface area contributed by atoms with Crippen LogP contribution in [0.5, 0.6) is 195 Å². The maximum atomic E-state index is 15.1. The lowest BCUT2D eigenvalue weighted by Crippen LogP contribution is -2.61. The molecule has 0 bridgehead atoms. The Balaban J connectivity index is 0.847. The van der Waals surface area contributed by atoms with Crippen molar-refractivity contribution in [1.82, 2.24) is 0 Å². The van der Waals surface area contributed by atoms with E-state index < -0.39 is 387 Å². The van der Waals surface area contributed by atoms with Gasteiger partial charge in [0.15, 0.2) is 175 Å². The molecule has 10 aromatic carbocycles. The van der Waals surface area contributed by atoms with Crippen molar-refractivity contribution in [2.24, 2.45) is 11.8 Å². The third-order valence-corrected chi connectivity index (χ3v) is 20.8. The van der Waals surface area contributed by atoms with E-state index >= 15 is 14.4 Å². The SMILES string of the molecule is Cc1cc(OC(=O)CC2OC(OCc3cc(O)c(O)c(Oc4c(COC5OC6CCOOc7cc(O)c(O)c(O)c7-c7c(cc(O)c(O)c7O)OOCC6C6OC(=O)c7cc(O)c(O)c(O)c7-c7c(cc(O)c(O)c7O)C(=O)OC56)cc(O)c(O)c4O)c3)C(OC(=O)c3cc(O)c(O)c(O)c3)C(OC(=O)c3cc(O)c(O)c(O)c3)C2C(=O)Oc2cc(O)c(O)c(O)c2)cc(O)c1O. The van der Waals surface area contributed by atoms with Crippen molar-refractivity contribution in [3.63, 3.8) is 0 Å². The lowest BCUT2D eigenvalue weighted by molar-refractivity contribution is -0.313. The second-order valence-electron chi connectivity index (χ2n) is 29.3. The van der Waals surface area contributed by atoms with Crippen LogP contribution in [0.25, 0.3) is 22.3 Å². The van der Waals surface area contributed by atoms with Crippen molar-refractivity contribution in [2.45, 2.75) is 82.2 Å². The molecule has 49 nitrogen and oxygen atoms in total. The summed E-state index contributed by atoms with van der Waals surface area (Å²) in [6.45, 7) is -3.14. The van der Waals surface area contributed by atoms with Gasteiger partial charge in [0.1, 0.15) is 24.0 Å². The van der Waals surface area contributed by atoms with E-state index in [0.717, 1.165) is 18.2 Å². The van der Waals surface area contributed by atoms with E-state index in [2.05, 4.69) is 0 Å². The van der Waals surface area contributed by atoms with Crippen molar-refractivity contribution < 1.29 is 243 Å². The molecule has 10 aromatic rings. The van der Waals surface area contributed by atoms with E-state index in [4.69, 9.17) is 71.7 Å². The summed E-state index contributed by atoms with van der Waals surface area (Å²) in [4.78, 5) is 111. The molecule has 0 amide bonds. The number of rotatable bonds is 17. The van der Waals surface area contributed by atoms with Crippen LogP contribution in [0.3, 0.4) is 0 Å². The molecule has 49 heteroatoms. The first-order valence-corrected chi connectivity index (χ1v) is 37.7. The Kier molecular flexibility index (Phi) is 24.4. The van der Waals surface area contributed by atoms with Crippen LogP contribution in [0.1, 0.15) is 71.0 Å². The molecule has 28 N–H and O–H groups in total. The average Bonchev–Trinajstić information content (AvgIpc) is 0.804. The summed E-state index contributed by atoms with van der Waals surface area (Å²) in [5, 5.41) is 305. The highest BCUT2D eigenvalue weighted by Gasteiger charge is 2.57. The summed E-state index contributed by atoms with van der Waals surface area (Å²) in [6.07, 6.45) is -21.1. The van der Waals surface area contributed by atoms with E-state index in [1.807, 2.05) is 0 Å². The zero-order valence-corrected chi connectivity index (χ0v) is 66.3. The van der Waals surface area contributed by atoms with Gasteiger partial charge in [0.05, 0.1) is 77.7 Å². The third kappa shape index (κ3) is 17.2. The summed E-state index contributed by atoms with van der Waals surface area (Å²) in [6, 6.07) is 8.85. The first kappa shape index (κ1) is 90.8. The number of hydrogen-bond acceptors (Lipinski definition) is 49. The van der Waals surface area contributed by atoms with Gasteiger partial charge in [0, 0.05) is 53.4 Å². The van der Waals surface area contributed by atoms with Crippen molar-refractivity contribution in [2.75, 3.05) is 13.2 Å². The van der Waals surface area contributed by atoms with Crippen molar-refractivity contribution in [1.29, 1.82) is 0 Å². The number of benzene rings is 10. The maximum Gasteiger partial charge on any atom is 0.339 e. The highest BCUT2D eigenvalue weighted by Crippen LogP contribution is 2.60. The van der Waals surface area contributed by atoms with Gasteiger partial charge in [0.2, 0.25) is 46.0 Å². The van der Waals surface area contributed by atoms with Crippen LogP contribution < -0.4 is 24.0 Å². The second-order valence-corrected chi connectivity index (χ2v) is 29.3. The van der Waals surface area contributed by atoms with Crippen LogP contribution in [0, 0.1) is 18.8 Å². The number of phenolic OH excluding ortho intramolecular Hbond substituents is 28. The first-order chi connectivity index (χ1) is 62.4. The van der Waals surface area contributed by atoms with Gasteiger partial charge >= 0.3 is 35.8 Å². The molecule has 0 aromatic heterocycles. The predicted molar refractivity (Wildman–Crippen MR) is 418 cm³/mol. The standard InChI is InChI=1S/C83H68O49/c1-23-4-28(12-39(90)57(23)98)122-51(97)19-47-56(81(117)123-29-13-40(91)60(101)41(92)14-29)74(128-77(113)25-7-34(85)58(99)35(86)8-25)76(129-78(114)26-9-36(87)59(100)37(88)10-26)83(126-47)118-20-24-5-33(84)61(102)50(6-24)124-72-27(11-38(89)66(107)71(72)112)21-119-82-75-73(127-79(115)30-15-42(93)62(103)67(108)52(30)53-31(80(116)130-75)16-43(94)63(104)68(53)109)32-22-121-132-49-18-45(96)65(106)70(111)55(49)54-48(17-44(95)64(105)69(54)110)131-120-3-2-46(32)125-82/h4-18,32,46-47,56,73-76,82-96,98-112H,2-3,19-22H2,1H3. The van der Waals surface area contributed by atoms with Crippen LogP contribution in [0.15, 0.2) is 91.0 Å². The molecule has 0 aliphatic carbocycles. The van der Waals surface area contributed by atoms with Gasteiger partial charge in [-0.3, -0.25) is 9.59 Å². The third-order valence-electron chi connectivity index (χ3n) is 20.8. The molecule has 0 saturated carbocycles. The molecule has 10 atom stereocenters. The van der Waals surface area contributed by atoms with Gasteiger partial charge in [-0.05, 0) is 78.7 Å². The van der Waals surface area contributed by atoms with Crippen LogP contribution in [-0.4, -0.2) is 241 Å². The Hall–Kier alpha value is -17.4. The Bertz CT molecular complexity index is 6310. The zero-order valence-electron chi connectivity index (χ0n) is 66.3. The number of hydrogen-bond donors (Lipinski definition) is 28. The van der Waals surface area contributed by atoms with Crippen molar-refractivity contribution in [3.05, 3.63) is 130 Å². The number of carbonyl (C=O) groups is 6. The van der Waals surface area contributed by atoms with E-state index in [9.17, 15) is 157 Å². The summed E-state index contributed by atoms with van der Waals surface area (Å²) in [7, 11) is 0. The van der Waals surface area contributed by atoms with Crippen molar-refractivity contribution >= 4 is 35.8 Å². The largest absolute Gasteiger partial charge is 0.504 e. The monoisotopic (exact) mass is 1850 g/mol. The maximum absolute atomic E-state index is 15.1. The lowest BCUT2D eigenvalue weighted by Gasteiger charge is -2.45. The summed E-state index contributed by atoms with van der Waals surface area (Å²) >= 11 is 0. The highest BCUT2D eigenvalue weighted by atomic mass is 17.2. The Morgan fingerprint density at radius 3 is 1.35 bits per heavy atom.